The van der Waals surface area contributed by atoms with E-state index in [-0.39, 0.29) is 29.2 Å². The first kappa shape index (κ1) is 29.7. The van der Waals surface area contributed by atoms with Crippen molar-refractivity contribution in [1.82, 2.24) is 0 Å². The van der Waals surface area contributed by atoms with Gasteiger partial charge in [0.25, 0.3) is 0 Å². The first-order valence-electron chi connectivity index (χ1n) is 12.5. The van der Waals surface area contributed by atoms with Gasteiger partial charge in [-0.1, -0.05) is 100 Å². The molecule has 0 saturated carbocycles. The zero-order chi connectivity index (χ0) is 23.9. The van der Waals surface area contributed by atoms with E-state index < -0.39 is 0 Å². The summed E-state index contributed by atoms with van der Waals surface area (Å²) in [6.07, 6.45) is 10.6. The SMILES string of the molecule is CCCCCCCCCCC(C(=O)OCC(C)C)=C(CC(C)(C)C)C(=O)OCC(C)C. The number of esters is 2. The molecule has 0 N–H and O–H groups in total. The van der Waals surface area contributed by atoms with E-state index in [0.717, 1.165) is 12.8 Å². The molecule has 0 rings (SSSR count). The fraction of sp³-hybridized carbons (Fsp3) is 0.852. The Kier molecular flexibility index (Phi) is 15.6. The van der Waals surface area contributed by atoms with Gasteiger partial charge in [-0.05, 0) is 36.5 Å². The van der Waals surface area contributed by atoms with Crippen LogP contribution in [0.3, 0.4) is 0 Å². The van der Waals surface area contributed by atoms with Crippen molar-refractivity contribution in [3.63, 3.8) is 0 Å². The molecule has 0 amide bonds. The smallest absolute Gasteiger partial charge is 0.334 e. The largest absolute Gasteiger partial charge is 0.462 e. The molecule has 31 heavy (non-hydrogen) atoms. The lowest BCUT2D eigenvalue weighted by atomic mass is 9.85. The zero-order valence-corrected chi connectivity index (χ0v) is 21.8. The Morgan fingerprint density at radius 3 is 1.52 bits per heavy atom. The van der Waals surface area contributed by atoms with Crippen LogP contribution in [0, 0.1) is 17.3 Å². The maximum Gasteiger partial charge on any atom is 0.334 e. The van der Waals surface area contributed by atoms with E-state index in [4.69, 9.17) is 9.47 Å². The third-order valence-electron chi connectivity index (χ3n) is 4.94. The molecule has 0 bridgehead atoms. The van der Waals surface area contributed by atoms with Crippen LogP contribution in [0.1, 0.15) is 120 Å². The summed E-state index contributed by atoms with van der Waals surface area (Å²) in [4.78, 5) is 25.9. The number of unbranched alkanes of at least 4 members (excludes halogenated alkanes) is 7. The van der Waals surface area contributed by atoms with Gasteiger partial charge in [-0.3, -0.25) is 0 Å². The average molecular weight is 439 g/mol. The molecule has 4 heteroatoms. The molecule has 0 spiro atoms. The summed E-state index contributed by atoms with van der Waals surface area (Å²) in [6, 6.07) is 0. The van der Waals surface area contributed by atoms with Gasteiger partial charge in [-0.25, -0.2) is 9.59 Å². The Labute approximate surface area is 192 Å². The molecular formula is C27H50O4. The molecule has 0 radical (unpaired) electrons. The highest BCUT2D eigenvalue weighted by Crippen LogP contribution is 2.30. The van der Waals surface area contributed by atoms with E-state index in [2.05, 4.69) is 27.7 Å². The Morgan fingerprint density at radius 2 is 1.10 bits per heavy atom. The molecule has 0 fully saturated rings. The van der Waals surface area contributed by atoms with Crippen LogP contribution in [0.25, 0.3) is 0 Å². The van der Waals surface area contributed by atoms with Gasteiger partial charge in [-0.15, -0.1) is 0 Å². The predicted octanol–water partition coefficient (Wildman–Crippen LogP) is 7.65. The second-order valence-corrected chi connectivity index (χ2v) is 10.9. The number of ether oxygens (including phenoxy) is 2. The van der Waals surface area contributed by atoms with Crippen molar-refractivity contribution in [3.8, 4) is 0 Å². The summed E-state index contributed by atoms with van der Waals surface area (Å²) in [5, 5.41) is 0. The summed E-state index contributed by atoms with van der Waals surface area (Å²) in [5.41, 5.74) is 0.898. The Morgan fingerprint density at radius 1 is 0.677 bits per heavy atom. The van der Waals surface area contributed by atoms with Gasteiger partial charge in [0.05, 0.1) is 13.2 Å². The highest BCUT2D eigenvalue weighted by Gasteiger charge is 2.27. The van der Waals surface area contributed by atoms with Crippen molar-refractivity contribution >= 4 is 11.9 Å². The summed E-state index contributed by atoms with van der Waals surface area (Å²) in [7, 11) is 0. The third kappa shape index (κ3) is 16.0. The number of carbonyl (C=O) groups is 2. The van der Waals surface area contributed by atoms with Gasteiger partial charge in [-0.2, -0.15) is 0 Å². The van der Waals surface area contributed by atoms with Crippen LogP contribution in [0.5, 0.6) is 0 Å². The van der Waals surface area contributed by atoms with Gasteiger partial charge in [0.2, 0.25) is 0 Å². The van der Waals surface area contributed by atoms with Crippen LogP contribution in [-0.4, -0.2) is 25.2 Å². The van der Waals surface area contributed by atoms with Crippen molar-refractivity contribution in [2.75, 3.05) is 13.2 Å². The molecule has 0 aromatic heterocycles. The van der Waals surface area contributed by atoms with Crippen molar-refractivity contribution in [1.29, 1.82) is 0 Å². The maximum absolute atomic E-state index is 13.0. The minimum absolute atomic E-state index is 0.130. The van der Waals surface area contributed by atoms with E-state index in [1.54, 1.807) is 0 Å². The fourth-order valence-corrected chi connectivity index (χ4v) is 3.30. The number of rotatable bonds is 16. The van der Waals surface area contributed by atoms with Crippen molar-refractivity contribution < 1.29 is 19.1 Å². The van der Waals surface area contributed by atoms with Gasteiger partial charge in [0, 0.05) is 11.1 Å². The summed E-state index contributed by atoms with van der Waals surface area (Å²) in [5.74, 6) is -0.201. The van der Waals surface area contributed by atoms with Gasteiger partial charge in [0.1, 0.15) is 0 Å². The number of carbonyl (C=O) groups excluding carboxylic acids is 2. The lowest BCUT2D eigenvalue weighted by molar-refractivity contribution is -0.143. The molecule has 0 aliphatic heterocycles. The van der Waals surface area contributed by atoms with Crippen LogP contribution in [0.15, 0.2) is 11.1 Å². The highest BCUT2D eigenvalue weighted by molar-refractivity contribution is 6.00. The monoisotopic (exact) mass is 438 g/mol. The standard InChI is InChI=1S/C27H50O4/c1-9-10-11-12-13-14-15-16-17-23(25(28)30-19-21(2)3)24(18-27(6,7)8)26(29)31-20-22(4)5/h21-22H,9-20H2,1-8H3. The molecule has 0 atom stereocenters. The topological polar surface area (TPSA) is 52.6 Å². The third-order valence-corrected chi connectivity index (χ3v) is 4.94. The molecular weight excluding hydrogens is 388 g/mol. The second kappa shape index (κ2) is 16.3. The van der Waals surface area contributed by atoms with Crippen LogP contribution >= 0.6 is 0 Å². The second-order valence-electron chi connectivity index (χ2n) is 10.9. The van der Waals surface area contributed by atoms with Crippen LogP contribution in [0.2, 0.25) is 0 Å². The molecule has 4 nitrogen and oxygen atoms in total. The minimum atomic E-state index is -0.361. The predicted molar refractivity (Wildman–Crippen MR) is 130 cm³/mol. The van der Waals surface area contributed by atoms with E-state index in [1.165, 1.54) is 38.5 Å². The Balaban J connectivity index is 5.37. The van der Waals surface area contributed by atoms with E-state index in [1.807, 2.05) is 27.7 Å². The van der Waals surface area contributed by atoms with Gasteiger partial charge < -0.3 is 9.47 Å². The Bertz CT molecular complexity index is 538. The van der Waals surface area contributed by atoms with Crippen molar-refractivity contribution in [2.45, 2.75) is 120 Å². The summed E-state index contributed by atoms with van der Waals surface area (Å²) < 4.78 is 11.1. The molecule has 182 valence electrons. The van der Waals surface area contributed by atoms with Crippen molar-refractivity contribution in [2.24, 2.45) is 17.3 Å². The molecule has 0 saturated heterocycles. The van der Waals surface area contributed by atoms with Crippen LogP contribution < -0.4 is 0 Å². The van der Waals surface area contributed by atoms with E-state index in [0.29, 0.717) is 37.2 Å². The van der Waals surface area contributed by atoms with Crippen molar-refractivity contribution in [3.05, 3.63) is 11.1 Å². The molecule has 0 heterocycles. The van der Waals surface area contributed by atoms with Crippen LogP contribution in [-0.2, 0) is 19.1 Å². The van der Waals surface area contributed by atoms with E-state index >= 15 is 0 Å². The minimum Gasteiger partial charge on any atom is -0.462 e. The Hall–Kier alpha value is -1.32. The average Bonchev–Trinajstić information content (AvgIpc) is 2.67. The fourth-order valence-electron chi connectivity index (χ4n) is 3.30. The summed E-state index contributed by atoms with van der Waals surface area (Å²) >= 11 is 0. The van der Waals surface area contributed by atoms with E-state index in [9.17, 15) is 9.59 Å². The molecule has 0 aliphatic carbocycles. The summed E-state index contributed by atoms with van der Waals surface area (Å²) in [6.45, 7) is 17.2. The first-order valence-corrected chi connectivity index (χ1v) is 12.5. The number of hydrogen-bond donors (Lipinski definition) is 0. The normalized spacial score (nSPS) is 12.8. The lowest BCUT2D eigenvalue weighted by Gasteiger charge is -2.23. The molecule has 0 aromatic carbocycles. The highest BCUT2D eigenvalue weighted by atomic mass is 16.5. The number of hydrogen-bond acceptors (Lipinski definition) is 4. The first-order chi connectivity index (χ1) is 14.5. The molecule has 0 aromatic rings. The maximum atomic E-state index is 13.0. The lowest BCUT2D eigenvalue weighted by Crippen LogP contribution is -2.22. The zero-order valence-electron chi connectivity index (χ0n) is 21.8. The van der Waals surface area contributed by atoms with Gasteiger partial charge >= 0.3 is 11.9 Å². The van der Waals surface area contributed by atoms with Gasteiger partial charge in [0.15, 0.2) is 0 Å². The van der Waals surface area contributed by atoms with Crippen LogP contribution in [0.4, 0.5) is 0 Å². The molecule has 0 aliphatic rings. The quantitative estimate of drug-likeness (QED) is 0.141. The molecule has 0 unspecified atom stereocenters.